The van der Waals surface area contributed by atoms with Crippen LogP contribution in [0.2, 0.25) is 0 Å². The van der Waals surface area contributed by atoms with E-state index in [1.165, 1.54) is 0 Å². The molecule has 0 saturated carbocycles. The lowest BCUT2D eigenvalue weighted by atomic mass is 10.2. The Balaban J connectivity index is 1.80. The molecule has 3 heterocycles. The summed E-state index contributed by atoms with van der Waals surface area (Å²) in [5.74, 6) is 0.960. The maximum absolute atomic E-state index is 5.87. The van der Waals surface area contributed by atoms with E-state index in [1.807, 2.05) is 0 Å². The van der Waals surface area contributed by atoms with E-state index in [4.69, 9.17) is 15.0 Å². The number of hydrogen-bond acceptors (Lipinski definition) is 7. The maximum atomic E-state index is 5.87. The molecule has 0 aliphatic carbocycles. The highest BCUT2D eigenvalue weighted by atomic mass is 16.5. The van der Waals surface area contributed by atoms with Gasteiger partial charge in [0.15, 0.2) is 0 Å². The van der Waals surface area contributed by atoms with E-state index in [-0.39, 0.29) is 6.10 Å². The van der Waals surface area contributed by atoms with E-state index in [0.29, 0.717) is 35.6 Å². The Kier molecular flexibility index (Phi) is 3.85. The van der Waals surface area contributed by atoms with Gasteiger partial charge in [-0.1, -0.05) is 5.16 Å². The van der Waals surface area contributed by atoms with Crippen LogP contribution >= 0.6 is 0 Å². The zero-order chi connectivity index (χ0) is 14.8. The summed E-state index contributed by atoms with van der Waals surface area (Å²) in [5.41, 5.74) is 7.08. The van der Waals surface area contributed by atoms with Gasteiger partial charge in [0.2, 0.25) is 5.82 Å². The molecule has 2 aromatic heterocycles. The lowest BCUT2D eigenvalue weighted by molar-refractivity contribution is -0.0450. The van der Waals surface area contributed by atoms with Crippen LogP contribution in [0.1, 0.15) is 25.8 Å². The van der Waals surface area contributed by atoms with Crippen molar-refractivity contribution < 1.29 is 9.26 Å². The molecule has 2 aromatic rings. The summed E-state index contributed by atoms with van der Waals surface area (Å²) < 4.78 is 11.1. The third-order valence-corrected chi connectivity index (χ3v) is 3.64. The Morgan fingerprint density at radius 1 is 1.43 bits per heavy atom. The van der Waals surface area contributed by atoms with Crippen LogP contribution in [0.4, 0.5) is 5.69 Å². The molecule has 7 nitrogen and oxygen atoms in total. The van der Waals surface area contributed by atoms with Crippen molar-refractivity contribution >= 4 is 5.69 Å². The summed E-state index contributed by atoms with van der Waals surface area (Å²) in [6, 6.07) is 2.23. The molecule has 0 radical (unpaired) electrons. The first-order chi connectivity index (χ1) is 10.1. The Hall–Kier alpha value is -1.99. The highest BCUT2D eigenvalue weighted by Crippen LogP contribution is 2.26. The van der Waals surface area contributed by atoms with Gasteiger partial charge in [-0.2, -0.15) is 4.98 Å². The minimum atomic E-state index is -0.165. The second-order valence-electron chi connectivity index (χ2n) is 5.37. The largest absolute Gasteiger partial charge is 0.397 e. The summed E-state index contributed by atoms with van der Waals surface area (Å²) in [6.45, 7) is 6.70. The monoisotopic (exact) mass is 289 g/mol. The van der Waals surface area contributed by atoms with Gasteiger partial charge in [0.05, 0.1) is 24.1 Å². The zero-order valence-electron chi connectivity index (χ0n) is 12.2. The Bertz CT molecular complexity index is 613. The molecule has 2 N–H and O–H groups in total. The van der Waals surface area contributed by atoms with E-state index in [0.717, 1.165) is 13.1 Å². The van der Waals surface area contributed by atoms with Crippen LogP contribution in [0.15, 0.2) is 23.0 Å². The van der Waals surface area contributed by atoms with Crippen molar-refractivity contribution in [2.75, 3.05) is 25.4 Å². The van der Waals surface area contributed by atoms with Crippen molar-refractivity contribution in [1.29, 1.82) is 0 Å². The van der Waals surface area contributed by atoms with Crippen molar-refractivity contribution in [3.63, 3.8) is 0 Å². The molecule has 0 amide bonds. The number of pyridine rings is 1. The number of hydrogen-bond donors (Lipinski definition) is 1. The van der Waals surface area contributed by atoms with Gasteiger partial charge >= 0.3 is 0 Å². The van der Waals surface area contributed by atoms with Crippen molar-refractivity contribution in [2.45, 2.75) is 26.0 Å². The number of ether oxygens (including phenoxy) is 1. The molecule has 0 spiro atoms. The Morgan fingerprint density at radius 2 is 2.29 bits per heavy atom. The third-order valence-electron chi connectivity index (χ3n) is 3.64. The number of nitrogens with two attached hydrogens (primary N) is 1. The molecular formula is C14H19N5O2. The number of morpholine rings is 1. The standard InChI is InChI=1S/C14H19N5O2/c1-9(2)19-5-6-20-12(8-19)13-17-14(21-18-13)10-3-4-16-7-11(10)15/h3-4,7,9,12H,5-6,8,15H2,1-2H3. The molecule has 3 rings (SSSR count). The first-order valence-electron chi connectivity index (χ1n) is 7.04. The van der Waals surface area contributed by atoms with E-state index in [9.17, 15) is 0 Å². The van der Waals surface area contributed by atoms with Gasteiger partial charge in [0.1, 0.15) is 6.10 Å². The summed E-state index contributed by atoms with van der Waals surface area (Å²) in [6.07, 6.45) is 3.05. The predicted molar refractivity (Wildman–Crippen MR) is 77.3 cm³/mol. The average molecular weight is 289 g/mol. The fraction of sp³-hybridized carbons (Fsp3) is 0.500. The summed E-state index contributed by atoms with van der Waals surface area (Å²) in [4.78, 5) is 10.7. The van der Waals surface area contributed by atoms with Crippen molar-refractivity contribution in [2.24, 2.45) is 0 Å². The number of nitrogens with zero attached hydrogens (tertiary/aromatic N) is 4. The van der Waals surface area contributed by atoms with E-state index >= 15 is 0 Å². The first kappa shape index (κ1) is 14.0. The Morgan fingerprint density at radius 3 is 3.05 bits per heavy atom. The van der Waals surface area contributed by atoms with Crippen LogP contribution < -0.4 is 5.73 Å². The van der Waals surface area contributed by atoms with Crippen LogP contribution in [0, 0.1) is 0 Å². The number of aromatic nitrogens is 3. The summed E-state index contributed by atoms with van der Waals surface area (Å²) in [5, 5.41) is 4.04. The topological polar surface area (TPSA) is 90.3 Å². The predicted octanol–water partition coefficient (Wildman–Crippen LogP) is 1.50. The normalized spacial score (nSPS) is 20.0. The fourth-order valence-electron chi connectivity index (χ4n) is 2.37. The lowest BCUT2D eigenvalue weighted by Gasteiger charge is -2.34. The van der Waals surface area contributed by atoms with Gasteiger partial charge in [-0.25, -0.2) is 0 Å². The highest BCUT2D eigenvalue weighted by molar-refractivity contribution is 5.68. The quantitative estimate of drug-likeness (QED) is 0.915. The minimum absolute atomic E-state index is 0.165. The smallest absolute Gasteiger partial charge is 0.260 e. The van der Waals surface area contributed by atoms with Crippen LogP contribution in [-0.4, -0.2) is 45.8 Å². The van der Waals surface area contributed by atoms with Crippen molar-refractivity contribution in [1.82, 2.24) is 20.0 Å². The van der Waals surface area contributed by atoms with Crippen molar-refractivity contribution in [3.8, 4) is 11.5 Å². The third kappa shape index (κ3) is 2.88. The maximum Gasteiger partial charge on any atom is 0.260 e. The van der Waals surface area contributed by atoms with Gasteiger partial charge in [-0.3, -0.25) is 9.88 Å². The van der Waals surface area contributed by atoms with Crippen LogP contribution in [-0.2, 0) is 4.74 Å². The lowest BCUT2D eigenvalue weighted by Crippen LogP contribution is -2.42. The van der Waals surface area contributed by atoms with Gasteiger partial charge in [-0.05, 0) is 19.9 Å². The average Bonchev–Trinajstić information content (AvgIpc) is 2.97. The molecule has 21 heavy (non-hydrogen) atoms. The molecule has 1 aliphatic heterocycles. The van der Waals surface area contributed by atoms with E-state index in [2.05, 4.69) is 33.9 Å². The molecule has 1 fully saturated rings. The number of nitrogen functional groups attached to an aromatic ring is 1. The molecule has 0 bridgehead atoms. The molecular weight excluding hydrogens is 270 g/mol. The zero-order valence-corrected chi connectivity index (χ0v) is 12.2. The molecule has 1 atom stereocenters. The molecule has 1 saturated heterocycles. The van der Waals surface area contributed by atoms with E-state index in [1.54, 1.807) is 18.5 Å². The van der Waals surface area contributed by atoms with Gasteiger partial charge in [0.25, 0.3) is 5.89 Å². The molecule has 7 heteroatoms. The van der Waals surface area contributed by atoms with Crippen LogP contribution in [0.5, 0.6) is 0 Å². The second kappa shape index (κ2) is 5.79. The molecule has 1 unspecified atom stereocenters. The summed E-state index contributed by atoms with van der Waals surface area (Å²) in [7, 11) is 0. The van der Waals surface area contributed by atoms with Crippen molar-refractivity contribution in [3.05, 3.63) is 24.3 Å². The fourth-order valence-corrected chi connectivity index (χ4v) is 2.37. The Labute approximate surface area is 123 Å². The summed E-state index contributed by atoms with van der Waals surface area (Å²) >= 11 is 0. The minimum Gasteiger partial charge on any atom is -0.397 e. The van der Waals surface area contributed by atoms with Crippen LogP contribution in [0.3, 0.4) is 0 Å². The van der Waals surface area contributed by atoms with Gasteiger partial charge in [0, 0.05) is 25.3 Å². The first-order valence-corrected chi connectivity index (χ1v) is 7.04. The van der Waals surface area contributed by atoms with Gasteiger partial charge in [-0.15, -0.1) is 0 Å². The SMILES string of the molecule is CC(C)N1CCOC(c2noc(-c3ccncc3N)n2)C1. The molecule has 112 valence electrons. The molecule has 0 aromatic carbocycles. The molecule has 1 aliphatic rings. The van der Waals surface area contributed by atoms with E-state index < -0.39 is 0 Å². The second-order valence-corrected chi connectivity index (χ2v) is 5.37. The number of rotatable bonds is 3. The van der Waals surface area contributed by atoms with Crippen LogP contribution in [0.25, 0.3) is 11.5 Å². The highest BCUT2D eigenvalue weighted by Gasteiger charge is 2.27. The van der Waals surface area contributed by atoms with Gasteiger partial charge < -0.3 is 15.0 Å². The number of anilines is 1.